The third kappa shape index (κ3) is 3.23. The molecule has 1 aliphatic rings. The number of aromatic nitrogens is 4. The molecule has 0 atom stereocenters. The minimum atomic E-state index is -3.59. The van der Waals surface area contributed by atoms with Gasteiger partial charge in [-0.15, -0.1) is 0 Å². The number of aryl methyl sites for hydroxylation is 1. The van der Waals surface area contributed by atoms with Gasteiger partial charge in [0.25, 0.3) is 5.56 Å². The van der Waals surface area contributed by atoms with Crippen LogP contribution in [0.3, 0.4) is 0 Å². The molecule has 0 saturated carbocycles. The van der Waals surface area contributed by atoms with Crippen molar-refractivity contribution in [3.05, 3.63) is 50.9 Å². The monoisotopic (exact) mass is 433 g/mol. The summed E-state index contributed by atoms with van der Waals surface area (Å²) in [6.45, 7) is 0.681. The van der Waals surface area contributed by atoms with Gasteiger partial charge in [-0.2, -0.15) is 4.31 Å². The fourth-order valence-electron chi connectivity index (χ4n) is 3.80. The van der Waals surface area contributed by atoms with Gasteiger partial charge in [-0.3, -0.25) is 13.9 Å². The molecule has 0 aliphatic carbocycles. The fourth-order valence-corrected chi connectivity index (χ4v) is 5.27. The molecule has 1 aliphatic heterocycles. The molecule has 30 heavy (non-hydrogen) atoms. The van der Waals surface area contributed by atoms with Crippen LogP contribution in [0.5, 0.6) is 5.75 Å². The number of nitrogens with zero attached hydrogens (tertiary/aromatic N) is 4. The molecule has 1 saturated heterocycles. The number of aromatic amines is 1. The highest BCUT2D eigenvalue weighted by Gasteiger charge is 2.31. The standard InChI is InChI=1S/C19H23N5O5S/c1-22-17-15(18(25)23(2)19(22)26)20-16(21-17)12-8-10-24(11-9-12)30(27,28)14-6-4-13(29-3)5-7-14/h4-7,12H,8-11H2,1-3H3,(H,20,21). The van der Waals surface area contributed by atoms with Crippen molar-refractivity contribution in [2.75, 3.05) is 20.2 Å². The molecule has 10 nitrogen and oxygen atoms in total. The van der Waals surface area contributed by atoms with E-state index in [0.717, 1.165) is 4.57 Å². The lowest BCUT2D eigenvalue weighted by Gasteiger charge is -2.30. The summed E-state index contributed by atoms with van der Waals surface area (Å²) >= 11 is 0. The maximum Gasteiger partial charge on any atom is 0.332 e. The number of imidazole rings is 1. The molecule has 1 fully saturated rings. The number of ether oxygens (including phenoxy) is 1. The third-order valence-electron chi connectivity index (χ3n) is 5.65. The van der Waals surface area contributed by atoms with Gasteiger partial charge in [-0.05, 0) is 37.1 Å². The lowest BCUT2D eigenvalue weighted by molar-refractivity contribution is 0.314. The number of benzene rings is 1. The van der Waals surface area contributed by atoms with Crippen LogP contribution in [0.15, 0.2) is 38.8 Å². The Labute approximate surface area is 172 Å². The normalized spacial score (nSPS) is 16.2. The van der Waals surface area contributed by atoms with Crippen molar-refractivity contribution in [3.8, 4) is 5.75 Å². The van der Waals surface area contributed by atoms with E-state index in [0.29, 0.717) is 43.2 Å². The van der Waals surface area contributed by atoms with Crippen LogP contribution in [0.25, 0.3) is 11.2 Å². The molecule has 0 unspecified atom stereocenters. The molecule has 1 aromatic carbocycles. The van der Waals surface area contributed by atoms with E-state index < -0.39 is 21.3 Å². The molecule has 3 heterocycles. The minimum Gasteiger partial charge on any atom is -0.497 e. The van der Waals surface area contributed by atoms with Gasteiger partial charge < -0.3 is 9.72 Å². The summed E-state index contributed by atoms with van der Waals surface area (Å²) in [7, 11) is 0.926. The molecule has 3 aromatic rings. The first-order valence-electron chi connectivity index (χ1n) is 9.54. The molecular weight excluding hydrogens is 410 g/mol. The average Bonchev–Trinajstić information content (AvgIpc) is 3.22. The van der Waals surface area contributed by atoms with E-state index in [-0.39, 0.29) is 16.3 Å². The molecule has 160 valence electrons. The lowest BCUT2D eigenvalue weighted by atomic mass is 9.97. The Bertz CT molecular complexity index is 1310. The van der Waals surface area contributed by atoms with E-state index in [2.05, 4.69) is 9.97 Å². The molecule has 4 rings (SSSR count). The molecule has 1 N–H and O–H groups in total. The number of methoxy groups -OCH3 is 1. The quantitative estimate of drug-likeness (QED) is 0.641. The third-order valence-corrected chi connectivity index (χ3v) is 7.56. The van der Waals surface area contributed by atoms with E-state index in [1.165, 1.54) is 35.2 Å². The summed E-state index contributed by atoms with van der Waals surface area (Å²) in [6.07, 6.45) is 1.12. The van der Waals surface area contributed by atoms with Crippen molar-refractivity contribution >= 4 is 21.2 Å². The minimum absolute atomic E-state index is 0.0282. The molecule has 2 aromatic heterocycles. The Morgan fingerprint density at radius 1 is 1.07 bits per heavy atom. The van der Waals surface area contributed by atoms with E-state index in [1.807, 2.05) is 0 Å². The van der Waals surface area contributed by atoms with E-state index in [9.17, 15) is 18.0 Å². The van der Waals surface area contributed by atoms with Gasteiger partial charge in [-0.1, -0.05) is 0 Å². The molecule has 11 heteroatoms. The number of rotatable bonds is 4. The van der Waals surface area contributed by atoms with Crippen LogP contribution in [-0.4, -0.2) is 52.0 Å². The largest absolute Gasteiger partial charge is 0.497 e. The molecule has 0 bridgehead atoms. The number of H-pyrrole nitrogens is 1. The van der Waals surface area contributed by atoms with Crippen LogP contribution in [0.1, 0.15) is 24.6 Å². The zero-order valence-electron chi connectivity index (χ0n) is 17.0. The Balaban J connectivity index is 1.56. The van der Waals surface area contributed by atoms with Crippen molar-refractivity contribution in [1.82, 2.24) is 23.4 Å². The van der Waals surface area contributed by atoms with Crippen molar-refractivity contribution < 1.29 is 13.2 Å². The number of fused-ring (bicyclic) bond motifs is 1. The maximum atomic E-state index is 12.9. The number of hydrogen-bond donors (Lipinski definition) is 1. The van der Waals surface area contributed by atoms with Gasteiger partial charge in [-0.25, -0.2) is 18.2 Å². The number of piperidine rings is 1. The average molecular weight is 433 g/mol. The summed E-state index contributed by atoms with van der Waals surface area (Å²) in [6, 6.07) is 6.32. The lowest BCUT2D eigenvalue weighted by Crippen LogP contribution is -2.38. The van der Waals surface area contributed by atoms with E-state index >= 15 is 0 Å². The van der Waals surface area contributed by atoms with Crippen LogP contribution < -0.4 is 16.0 Å². The summed E-state index contributed by atoms with van der Waals surface area (Å²) in [5.74, 6) is 1.17. The highest BCUT2D eigenvalue weighted by Crippen LogP contribution is 2.30. The predicted octanol–water partition coefficient (Wildman–Crippen LogP) is 0.537. The molecule has 0 amide bonds. The fraction of sp³-hybridized carbons (Fsp3) is 0.421. The predicted molar refractivity (Wildman–Crippen MR) is 110 cm³/mol. The van der Waals surface area contributed by atoms with Crippen LogP contribution in [0, 0.1) is 0 Å². The SMILES string of the molecule is COc1ccc(S(=O)(=O)N2CCC(c3nc4c([nH]3)c(=O)n(C)c(=O)n4C)CC2)cc1. The van der Waals surface area contributed by atoms with Crippen molar-refractivity contribution in [3.63, 3.8) is 0 Å². The van der Waals surface area contributed by atoms with Gasteiger partial charge in [0.15, 0.2) is 5.65 Å². The zero-order valence-corrected chi connectivity index (χ0v) is 17.8. The first kappa shape index (κ1) is 20.4. The second-order valence-corrected chi connectivity index (χ2v) is 9.32. The van der Waals surface area contributed by atoms with Gasteiger partial charge in [0, 0.05) is 33.1 Å². The first-order chi connectivity index (χ1) is 14.2. The van der Waals surface area contributed by atoms with Crippen molar-refractivity contribution in [1.29, 1.82) is 0 Å². The van der Waals surface area contributed by atoms with Gasteiger partial charge in [0.2, 0.25) is 10.0 Å². The first-order valence-corrected chi connectivity index (χ1v) is 11.0. The van der Waals surface area contributed by atoms with Crippen molar-refractivity contribution in [2.45, 2.75) is 23.7 Å². The molecular formula is C19H23N5O5S. The van der Waals surface area contributed by atoms with Crippen LogP contribution in [0.4, 0.5) is 0 Å². The summed E-state index contributed by atoms with van der Waals surface area (Å²) in [4.78, 5) is 32.2. The molecule has 0 spiro atoms. The summed E-state index contributed by atoms with van der Waals surface area (Å²) < 4.78 is 34.7. The number of nitrogens with one attached hydrogen (secondary N) is 1. The Morgan fingerprint density at radius 2 is 1.70 bits per heavy atom. The highest BCUT2D eigenvalue weighted by atomic mass is 32.2. The number of sulfonamides is 1. The van der Waals surface area contributed by atoms with Crippen LogP contribution in [0.2, 0.25) is 0 Å². The van der Waals surface area contributed by atoms with Crippen molar-refractivity contribution in [2.24, 2.45) is 14.1 Å². The van der Waals surface area contributed by atoms with Crippen LogP contribution >= 0.6 is 0 Å². The summed E-state index contributed by atoms with van der Waals surface area (Å²) in [5, 5.41) is 0. The Kier molecular flexibility index (Phi) is 5.02. The highest BCUT2D eigenvalue weighted by molar-refractivity contribution is 7.89. The van der Waals surface area contributed by atoms with Gasteiger partial charge in [0.05, 0.1) is 12.0 Å². The van der Waals surface area contributed by atoms with E-state index in [4.69, 9.17) is 4.74 Å². The summed E-state index contributed by atoms with van der Waals surface area (Å²) in [5.41, 5.74) is -0.272. The van der Waals surface area contributed by atoms with Gasteiger partial charge in [0.1, 0.15) is 17.1 Å². The van der Waals surface area contributed by atoms with Crippen LogP contribution in [-0.2, 0) is 24.1 Å². The smallest absolute Gasteiger partial charge is 0.332 e. The Hall–Kier alpha value is -2.92. The maximum absolute atomic E-state index is 12.9. The second kappa shape index (κ2) is 7.40. The van der Waals surface area contributed by atoms with Gasteiger partial charge >= 0.3 is 5.69 Å². The second-order valence-electron chi connectivity index (χ2n) is 7.38. The number of hydrogen-bond acceptors (Lipinski definition) is 6. The molecule has 0 radical (unpaired) electrons. The zero-order chi connectivity index (χ0) is 21.6. The Morgan fingerprint density at radius 3 is 2.30 bits per heavy atom. The topological polar surface area (TPSA) is 119 Å². The van der Waals surface area contributed by atoms with E-state index in [1.54, 1.807) is 19.2 Å².